The number of halogens is 1. The fourth-order valence-electron chi connectivity index (χ4n) is 2.57. The van der Waals surface area contributed by atoms with Gasteiger partial charge in [-0.2, -0.15) is 0 Å². The average molecular weight is 360 g/mol. The number of aryl methyl sites for hydroxylation is 2. The number of carbonyl (C=O) groups is 1. The summed E-state index contributed by atoms with van der Waals surface area (Å²) in [6, 6.07) is 2.11. The molecule has 1 aliphatic carbocycles. The molecule has 1 aromatic heterocycles. The van der Waals surface area contributed by atoms with Crippen LogP contribution in [-0.4, -0.2) is 42.9 Å². The molecule has 0 saturated heterocycles. The van der Waals surface area contributed by atoms with Gasteiger partial charge in [0, 0.05) is 25.6 Å². The molecule has 112 valence electrons. The highest BCUT2D eigenvalue weighted by Crippen LogP contribution is 2.29. The molecule has 0 aliphatic heterocycles. The fraction of sp³-hybridized carbons (Fsp3) is 0.667. The fourth-order valence-corrected chi connectivity index (χ4v) is 4.52. The van der Waals surface area contributed by atoms with Gasteiger partial charge in [-0.05, 0) is 37.3 Å². The maximum absolute atomic E-state index is 12.5. The largest absolute Gasteiger partial charge is 0.383 e. The summed E-state index contributed by atoms with van der Waals surface area (Å²) >= 11 is 5.22. The van der Waals surface area contributed by atoms with Gasteiger partial charge < -0.3 is 9.64 Å². The van der Waals surface area contributed by atoms with E-state index in [1.807, 2.05) is 7.05 Å². The molecular weight excluding hydrogens is 338 g/mol. The zero-order chi connectivity index (χ0) is 14.5. The normalized spacial score (nSPS) is 16.4. The highest BCUT2D eigenvalue weighted by atomic mass is 79.9. The Balaban J connectivity index is 2.01. The van der Waals surface area contributed by atoms with Gasteiger partial charge in [-0.3, -0.25) is 4.79 Å². The third-order valence-corrected chi connectivity index (χ3v) is 5.40. The van der Waals surface area contributed by atoms with E-state index in [0.29, 0.717) is 13.2 Å². The molecule has 1 atom stereocenters. The molecule has 0 saturated carbocycles. The summed E-state index contributed by atoms with van der Waals surface area (Å²) in [6.45, 7) is 1.27. The van der Waals surface area contributed by atoms with E-state index in [0.717, 1.165) is 17.7 Å². The standard InChI is InChI=1S/C15H22BrNO2S/c1-17(9-12(16)10-19-2)15(18)14-8-11-6-4-3-5-7-13(11)20-14/h8,12H,3-7,9-10H2,1-2H3. The molecule has 0 fully saturated rings. The van der Waals surface area contributed by atoms with Crippen LogP contribution in [0.1, 0.15) is 39.4 Å². The zero-order valence-electron chi connectivity index (χ0n) is 12.2. The number of hydrogen-bond donors (Lipinski definition) is 0. The van der Waals surface area contributed by atoms with Crippen molar-refractivity contribution < 1.29 is 9.53 Å². The maximum atomic E-state index is 12.5. The molecule has 3 nitrogen and oxygen atoms in total. The van der Waals surface area contributed by atoms with Crippen LogP contribution < -0.4 is 0 Å². The predicted octanol–water partition coefficient (Wildman–Crippen LogP) is 3.50. The van der Waals surface area contributed by atoms with E-state index in [1.54, 1.807) is 23.3 Å². The molecule has 20 heavy (non-hydrogen) atoms. The molecule has 0 bridgehead atoms. The highest BCUT2D eigenvalue weighted by molar-refractivity contribution is 9.09. The smallest absolute Gasteiger partial charge is 0.263 e. The van der Waals surface area contributed by atoms with Gasteiger partial charge in [-0.15, -0.1) is 11.3 Å². The molecule has 1 unspecified atom stereocenters. The van der Waals surface area contributed by atoms with Crippen LogP contribution in [0.25, 0.3) is 0 Å². The van der Waals surface area contributed by atoms with E-state index >= 15 is 0 Å². The Hall–Kier alpha value is -0.390. The van der Waals surface area contributed by atoms with Crippen LogP contribution >= 0.6 is 27.3 Å². The summed E-state index contributed by atoms with van der Waals surface area (Å²) in [4.78, 5) is 16.7. The Labute approximate surface area is 133 Å². The SMILES string of the molecule is COCC(Br)CN(C)C(=O)c1cc2c(s1)CCCCC2. The number of amides is 1. The molecule has 0 radical (unpaired) electrons. The van der Waals surface area contributed by atoms with Crippen LogP contribution in [0.4, 0.5) is 0 Å². The molecule has 0 N–H and O–H groups in total. The van der Waals surface area contributed by atoms with Crippen LogP contribution in [0.3, 0.4) is 0 Å². The van der Waals surface area contributed by atoms with Gasteiger partial charge in [0.1, 0.15) is 0 Å². The second-order valence-corrected chi connectivity index (χ2v) is 7.79. The number of rotatable bonds is 5. The van der Waals surface area contributed by atoms with Crippen molar-refractivity contribution in [1.82, 2.24) is 4.90 Å². The van der Waals surface area contributed by atoms with E-state index in [9.17, 15) is 4.79 Å². The first-order valence-corrected chi connectivity index (χ1v) is 8.85. The Kier molecular flexibility index (Phi) is 6.05. The first-order chi connectivity index (χ1) is 9.61. The van der Waals surface area contributed by atoms with Crippen molar-refractivity contribution >= 4 is 33.2 Å². The predicted molar refractivity (Wildman–Crippen MR) is 87.1 cm³/mol. The number of hydrogen-bond acceptors (Lipinski definition) is 3. The second-order valence-electron chi connectivity index (χ2n) is 5.36. The molecule has 1 amide bonds. The summed E-state index contributed by atoms with van der Waals surface area (Å²) in [5.41, 5.74) is 1.40. The Morgan fingerprint density at radius 3 is 2.95 bits per heavy atom. The van der Waals surface area contributed by atoms with Crippen molar-refractivity contribution in [3.05, 3.63) is 21.4 Å². The van der Waals surface area contributed by atoms with Crippen molar-refractivity contribution in [2.75, 3.05) is 27.3 Å². The number of methoxy groups -OCH3 is 1. The number of thiophene rings is 1. The van der Waals surface area contributed by atoms with Gasteiger partial charge in [0.25, 0.3) is 5.91 Å². The molecule has 1 aromatic rings. The molecule has 2 rings (SSSR count). The number of alkyl halides is 1. The topological polar surface area (TPSA) is 29.5 Å². The van der Waals surface area contributed by atoms with E-state index in [2.05, 4.69) is 22.0 Å². The van der Waals surface area contributed by atoms with Crippen LogP contribution in [0, 0.1) is 0 Å². The lowest BCUT2D eigenvalue weighted by Gasteiger charge is -2.19. The van der Waals surface area contributed by atoms with Gasteiger partial charge in [0.15, 0.2) is 0 Å². The minimum absolute atomic E-state index is 0.128. The number of ether oxygens (including phenoxy) is 1. The van der Waals surface area contributed by atoms with Crippen molar-refractivity contribution in [2.45, 2.75) is 36.9 Å². The van der Waals surface area contributed by atoms with Crippen LogP contribution in [0.5, 0.6) is 0 Å². The number of carbonyl (C=O) groups excluding carboxylic acids is 1. The van der Waals surface area contributed by atoms with Crippen LogP contribution in [0.2, 0.25) is 0 Å². The third-order valence-electron chi connectivity index (χ3n) is 3.62. The first kappa shape index (κ1) is 16.0. The Morgan fingerprint density at radius 1 is 1.45 bits per heavy atom. The van der Waals surface area contributed by atoms with Crippen molar-refractivity contribution in [1.29, 1.82) is 0 Å². The van der Waals surface area contributed by atoms with E-state index in [4.69, 9.17) is 4.74 Å². The molecule has 5 heteroatoms. The van der Waals surface area contributed by atoms with Crippen LogP contribution in [-0.2, 0) is 17.6 Å². The van der Waals surface area contributed by atoms with Crippen molar-refractivity contribution in [2.24, 2.45) is 0 Å². The summed E-state index contributed by atoms with van der Waals surface area (Å²) in [6.07, 6.45) is 6.10. The van der Waals surface area contributed by atoms with Crippen LogP contribution in [0.15, 0.2) is 6.07 Å². The molecule has 1 aliphatic rings. The summed E-state index contributed by atoms with van der Waals surface area (Å²) in [5.74, 6) is 0.128. The molecule has 0 spiro atoms. The Morgan fingerprint density at radius 2 is 2.20 bits per heavy atom. The van der Waals surface area contributed by atoms with Gasteiger partial charge in [-0.1, -0.05) is 22.4 Å². The number of nitrogens with zero attached hydrogens (tertiary/aromatic N) is 1. The quantitative estimate of drug-likeness (QED) is 0.594. The minimum Gasteiger partial charge on any atom is -0.383 e. The summed E-state index contributed by atoms with van der Waals surface area (Å²) in [7, 11) is 3.53. The first-order valence-electron chi connectivity index (χ1n) is 7.12. The summed E-state index contributed by atoms with van der Waals surface area (Å²) in [5, 5.41) is 0. The lowest BCUT2D eigenvalue weighted by Crippen LogP contribution is -2.33. The van der Waals surface area contributed by atoms with Crippen molar-refractivity contribution in [3.8, 4) is 0 Å². The van der Waals surface area contributed by atoms with Gasteiger partial charge in [0.2, 0.25) is 0 Å². The van der Waals surface area contributed by atoms with E-state index in [1.165, 1.54) is 29.7 Å². The van der Waals surface area contributed by atoms with Gasteiger partial charge in [0.05, 0.1) is 16.3 Å². The highest BCUT2D eigenvalue weighted by Gasteiger charge is 2.20. The third kappa shape index (κ3) is 4.06. The van der Waals surface area contributed by atoms with Gasteiger partial charge >= 0.3 is 0 Å². The number of fused-ring (bicyclic) bond motifs is 1. The minimum atomic E-state index is 0.128. The zero-order valence-corrected chi connectivity index (χ0v) is 14.6. The Bertz CT molecular complexity index is 437. The van der Waals surface area contributed by atoms with E-state index in [-0.39, 0.29) is 10.7 Å². The van der Waals surface area contributed by atoms with E-state index < -0.39 is 0 Å². The molecular formula is C15H22BrNO2S. The second kappa shape index (κ2) is 7.57. The maximum Gasteiger partial charge on any atom is 0.263 e. The monoisotopic (exact) mass is 359 g/mol. The lowest BCUT2D eigenvalue weighted by molar-refractivity contribution is 0.0789. The van der Waals surface area contributed by atoms with Gasteiger partial charge in [-0.25, -0.2) is 0 Å². The summed E-state index contributed by atoms with van der Waals surface area (Å²) < 4.78 is 5.09. The molecule has 1 heterocycles. The molecule has 0 aromatic carbocycles. The average Bonchev–Trinajstić information content (AvgIpc) is 2.69. The van der Waals surface area contributed by atoms with Crippen molar-refractivity contribution in [3.63, 3.8) is 0 Å². The lowest BCUT2D eigenvalue weighted by atomic mass is 10.1.